The van der Waals surface area contributed by atoms with Gasteiger partial charge >= 0.3 is 0 Å². The van der Waals surface area contributed by atoms with Crippen LogP contribution in [0.2, 0.25) is 0 Å². The summed E-state index contributed by atoms with van der Waals surface area (Å²) in [6.45, 7) is 7.62. The molecule has 2 N–H and O–H groups in total. The lowest BCUT2D eigenvalue weighted by Gasteiger charge is -2.20. The molecule has 1 aromatic carbocycles. The lowest BCUT2D eigenvalue weighted by Crippen LogP contribution is -2.30. The zero-order chi connectivity index (χ0) is 12.2. The quantitative estimate of drug-likeness (QED) is 0.874. The molecule has 2 nitrogen and oxygen atoms in total. The van der Waals surface area contributed by atoms with E-state index in [2.05, 4.69) is 26.1 Å². The summed E-state index contributed by atoms with van der Waals surface area (Å²) in [5.41, 5.74) is 0.795. The van der Waals surface area contributed by atoms with Gasteiger partial charge in [0.15, 0.2) is 0 Å². The van der Waals surface area contributed by atoms with E-state index in [0.29, 0.717) is 12.1 Å². The van der Waals surface area contributed by atoms with Gasteiger partial charge in [0.1, 0.15) is 5.82 Å². The van der Waals surface area contributed by atoms with Crippen molar-refractivity contribution in [3.8, 4) is 0 Å². The van der Waals surface area contributed by atoms with E-state index in [1.807, 2.05) is 0 Å². The Morgan fingerprint density at radius 2 is 2.00 bits per heavy atom. The molecule has 0 bridgehead atoms. The van der Waals surface area contributed by atoms with Crippen LogP contribution in [0.5, 0.6) is 0 Å². The van der Waals surface area contributed by atoms with Crippen LogP contribution in [-0.2, 0) is 0 Å². The highest BCUT2D eigenvalue weighted by Gasteiger charge is 2.12. The van der Waals surface area contributed by atoms with Crippen LogP contribution in [0.25, 0.3) is 0 Å². The molecule has 0 fully saturated rings. The number of benzene rings is 1. The van der Waals surface area contributed by atoms with Crippen LogP contribution < -0.4 is 5.32 Å². The molecule has 98 valence electrons. The van der Waals surface area contributed by atoms with Crippen molar-refractivity contribution in [3.63, 3.8) is 0 Å². The molecule has 0 aliphatic heterocycles. The van der Waals surface area contributed by atoms with Gasteiger partial charge in [-0.25, -0.2) is 4.39 Å². The second-order valence-electron chi connectivity index (χ2n) is 5.26. The standard InChI is InChI=1S/C13H20FNO.ClH/c1-13(2,3)9-15-8-12(16)10-5-4-6-11(14)7-10;/h4-7,12,15-16H,8-9H2,1-3H3;1H/t12-;/m0./s1. The average molecular weight is 262 g/mol. The second kappa shape index (κ2) is 6.94. The molecule has 0 saturated carbocycles. The van der Waals surface area contributed by atoms with E-state index in [4.69, 9.17) is 0 Å². The summed E-state index contributed by atoms with van der Waals surface area (Å²) >= 11 is 0. The molecule has 1 aromatic rings. The summed E-state index contributed by atoms with van der Waals surface area (Å²) in [5.74, 6) is -0.313. The van der Waals surface area contributed by atoms with Crippen molar-refractivity contribution in [3.05, 3.63) is 35.6 Å². The van der Waals surface area contributed by atoms with Gasteiger partial charge in [0.05, 0.1) is 6.10 Å². The zero-order valence-electron chi connectivity index (χ0n) is 10.5. The van der Waals surface area contributed by atoms with Crippen LogP contribution in [0.15, 0.2) is 24.3 Å². The van der Waals surface area contributed by atoms with E-state index in [0.717, 1.165) is 6.54 Å². The van der Waals surface area contributed by atoms with Gasteiger partial charge in [0.25, 0.3) is 0 Å². The van der Waals surface area contributed by atoms with Crippen LogP contribution in [0.3, 0.4) is 0 Å². The van der Waals surface area contributed by atoms with Gasteiger partial charge in [-0.05, 0) is 23.1 Å². The minimum absolute atomic E-state index is 0. The molecule has 1 rings (SSSR count). The summed E-state index contributed by atoms with van der Waals surface area (Å²) in [4.78, 5) is 0. The molecule has 17 heavy (non-hydrogen) atoms. The SMILES string of the molecule is CC(C)(C)CNC[C@H](O)c1cccc(F)c1.Cl. The molecular weight excluding hydrogens is 241 g/mol. The van der Waals surface area contributed by atoms with Crippen LogP contribution >= 0.6 is 12.4 Å². The van der Waals surface area contributed by atoms with Crippen LogP contribution in [0, 0.1) is 11.2 Å². The first-order valence-corrected chi connectivity index (χ1v) is 5.53. The Kier molecular flexibility index (Phi) is 6.68. The largest absolute Gasteiger partial charge is 0.387 e. The topological polar surface area (TPSA) is 32.3 Å². The molecule has 0 amide bonds. The maximum Gasteiger partial charge on any atom is 0.123 e. The van der Waals surface area contributed by atoms with E-state index >= 15 is 0 Å². The molecule has 0 spiro atoms. The van der Waals surface area contributed by atoms with Crippen molar-refractivity contribution in [1.29, 1.82) is 0 Å². The molecule has 0 heterocycles. The monoisotopic (exact) mass is 261 g/mol. The number of rotatable bonds is 4. The Morgan fingerprint density at radius 1 is 1.35 bits per heavy atom. The minimum Gasteiger partial charge on any atom is -0.387 e. The van der Waals surface area contributed by atoms with Gasteiger partial charge in [-0.1, -0.05) is 32.9 Å². The Labute approximate surface area is 109 Å². The van der Waals surface area contributed by atoms with Crippen LogP contribution in [0.4, 0.5) is 4.39 Å². The van der Waals surface area contributed by atoms with E-state index in [-0.39, 0.29) is 23.6 Å². The van der Waals surface area contributed by atoms with E-state index in [9.17, 15) is 9.50 Å². The number of aliphatic hydroxyl groups excluding tert-OH is 1. The van der Waals surface area contributed by atoms with Crippen LogP contribution in [-0.4, -0.2) is 18.2 Å². The highest BCUT2D eigenvalue weighted by atomic mass is 35.5. The van der Waals surface area contributed by atoms with E-state index in [1.165, 1.54) is 12.1 Å². The summed E-state index contributed by atoms with van der Waals surface area (Å²) in [6.07, 6.45) is -0.655. The fraction of sp³-hybridized carbons (Fsp3) is 0.538. The first-order chi connectivity index (χ1) is 7.38. The third kappa shape index (κ3) is 6.61. The predicted molar refractivity (Wildman–Crippen MR) is 70.9 cm³/mol. The van der Waals surface area contributed by atoms with Gasteiger partial charge < -0.3 is 10.4 Å². The maximum atomic E-state index is 12.9. The summed E-state index contributed by atoms with van der Waals surface area (Å²) < 4.78 is 12.9. The third-order valence-electron chi connectivity index (χ3n) is 2.23. The minimum atomic E-state index is -0.655. The van der Waals surface area contributed by atoms with Crippen molar-refractivity contribution in [2.45, 2.75) is 26.9 Å². The summed E-state index contributed by atoms with van der Waals surface area (Å²) in [7, 11) is 0. The highest BCUT2D eigenvalue weighted by Crippen LogP contribution is 2.14. The van der Waals surface area contributed by atoms with Crippen molar-refractivity contribution >= 4 is 12.4 Å². The number of hydrogen-bond acceptors (Lipinski definition) is 2. The maximum absolute atomic E-state index is 12.9. The first kappa shape index (κ1) is 16.4. The highest BCUT2D eigenvalue weighted by molar-refractivity contribution is 5.85. The fourth-order valence-electron chi connectivity index (χ4n) is 1.42. The van der Waals surface area contributed by atoms with Gasteiger partial charge in [0, 0.05) is 13.1 Å². The Bertz CT molecular complexity index is 338. The lowest BCUT2D eigenvalue weighted by molar-refractivity contribution is 0.169. The van der Waals surface area contributed by atoms with Crippen molar-refractivity contribution in [1.82, 2.24) is 5.32 Å². The Balaban J connectivity index is 0.00000256. The van der Waals surface area contributed by atoms with Gasteiger partial charge in [0.2, 0.25) is 0 Å². The smallest absolute Gasteiger partial charge is 0.123 e. The number of hydrogen-bond donors (Lipinski definition) is 2. The van der Waals surface area contributed by atoms with E-state index < -0.39 is 6.10 Å². The fourth-order valence-corrected chi connectivity index (χ4v) is 1.42. The third-order valence-corrected chi connectivity index (χ3v) is 2.23. The van der Waals surface area contributed by atoms with Gasteiger partial charge in [-0.3, -0.25) is 0 Å². The Morgan fingerprint density at radius 3 is 2.53 bits per heavy atom. The van der Waals surface area contributed by atoms with Crippen molar-refractivity contribution in [2.75, 3.05) is 13.1 Å². The predicted octanol–water partition coefficient (Wildman–Crippen LogP) is 2.92. The summed E-state index contributed by atoms with van der Waals surface area (Å²) in [6, 6.07) is 6.08. The Hall–Kier alpha value is -0.640. The number of nitrogens with one attached hydrogen (secondary N) is 1. The van der Waals surface area contributed by atoms with Crippen molar-refractivity contribution in [2.24, 2.45) is 5.41 Å². The zero-order valence-corrected chi connectivity index (χ0v) is 11.4. The van der Waals surface area contributed by atoms with E-state index in [1.54, 1.807) is 12.1 Å². The second-order valence-corrected chi connectivity index (χ2v) is 5.26. The van der Waals surface area contributed by atoms with Gasteiger partial charge in [-0.15, -0.1) is 12.4 Å². The van der Waals surface area contributed by atoms with Crippen molar-refractivity contribution < 1.29 is 9.50 Å². The normalized spacial score (nSPS) is 13.0. The molecule has 0 unspecified atom stereocenters. The first-order valence-electron chi connectivity index (χ1n) is 5.53. The molecular formula is C13H21ClFNO. The summed E-state index contributed by atoms with van der Waals surface area (Å²) in [5, 5.41) is 13.0. The molecule has 0 radical (unpaired) electrons. The molecule has 4 heteroatoms. The molecule has 0 aliphatic rings. The molecule has 1 atom stereocenters. The van der Waals surface area contributed by atoms with Crippen LogP contribution in [0.1, 0.15) is 32.4 Å². The average Bonchev–Trinajstić information content (AvgIpc) is 2.15. The molecule has 0 saturated heterocycles. The number of halogens is 2. The molecule has 0 aliphatic carbocycles. The molecule has 0 aromatic heterocycles. The van der Waals surface area contributed by atoms with Gasteiger partial charge in [-0.2, -0.15) is 0 Å². The number of aliphatic hydroxyl groups is 1. The lowest BCUT2D eigenvalue weighted by atomic mass is 9.97.